The van der Waals surface area contributed by atoms with Crippen LogP contribution in [0.3, 0.4) is 0 Å². The maximum absolute atomic E-state index is 11.3. The van der Waals surface area contributed by atoms with Gasteiger partial charge in [0.1, 0.15) is 0 Å². The van der Waals surface area contributed by atoms with Crippen molar-refractivity contribution in [3.05, 3.63) is 18.6 Å². The minimum Gasteiger partial charge on any atom is -0.691 e. The Hall–Kier alpha value is -0.790. The van der Waals surface area contributed by atoms with E-state index in [1.807, 2.05) is 0 Å². The van der Waals surface area contributed by atoms with E-state index in [0.717, 1.165) is 0 Å². The lowest BCUT2D eigenvalue weighted by atomic mass is 10.0. The molecule has 0 saturated carbocycles. The van der Waals surface area contributed by atoms with E-state index in [-0.39, 0.29) is 12.3 Å². The van der Waals surface area contributed by atoms with Crippen molar-refractivity contribution < 1.29 is 43.4 Å². The highest BCUT2D eigenvalue weighted by Gasteiger charge is 2.42. The van der Waals surface area contributed by atoms with Crippen LogP contribution in [0.15, 0.2) is 12.7 Å². The summed E-state index contributed by atoms with van der Waals surface area (Å²) >= 11 is 0. The van der Waals surface area contributed by atoms with Gasteiger partial charge in [-0.1, -0.05) is 4.57 Å². The molecule has 0 bridgehead atoms. The average Bonchev–Trinajstić information content (AvgIpc) is 2.27. The Bertz CT molecular complexity index is 355. The minimum atomic E-state index is -4.68. The summed E-state index contributed by atoms with van der Waals surface area (Å²) < 4.78 is 29.7. The lowest BCUT2D eigenvalue weighted by Crippen LogP contribution is -2.24. The number of aliphatic carboxylic acids is 1. The molecule has 9 nitrogen and oxygen atoms in total. The van der Waals surface area contributed by atoms with Crippen molar-refractivity contribution in [2.45, 2.75) is 12.8 Å². The molecule has 0 aliphatic rings. The normalized spacial score (nSPS) is 14.7. The van der Waals surface area contributed by atoms with Crippen LogP contribution in [-0.4, -0.2) is 12.6 Å². The van der Waals surface area contributed by atoms with Crippen molar-refractivity contribution >= 4 is 21.0 Å². The Kier molecular flexibility index (Phi) is 7.97. The maximum atomic E-state index is 11.3. The van der Waals surface area contributed by atoms with Gasteiger partial charge in [0, 0.05) is 6.58 Å². The molecule has 0 heterocycles. The van der Waals surface area contributed by atoms with Gasteiger partial charge in [-0.2, -0.15) is 0 Å². The second-order valence-electron chi connectivity index (χ2n) is 2.84. The zero-order valence-corrected chi connectivity index (χ0v) is 10.8. The molecule has 2 unspecified atom stereocenters. The van der Waals surface area contributed by atoms with Crippen LogP contribution in [0.5, 0.6) is 0 Å². The van der Waals surface area contributed by atoms with Crippen LogP contribution in [0.25, 0.3) is 0 Å². The van der Waals surface area contributed by atoms with Gasteiger partial charge >= 0.3 is 15.0 Å². The summed E-state index contributed by atoms with van der Waals surface area (Å²) in [5.41, 5.74) is 0. The van der Waals surface area contributed by atoms with Crippen LogP contribution in [0, 0.1) is 5.92 Å². The van der Waals surface area contributed by atoms with E-state index in [1.54, 1.807) is 0 Å². The Balaban J connectivity index is 4.29. The standard InChI is InChI=1S/C7H10O9P2/c1-2-6(5-7(8)9)3-4-14-18(13,16-15-10)17(11)12/h2H,1,3-5H2,(H-,8,9,10)/p-1. The van der Waals surface area contributed by atoms with E-state index in [0.29, 0.717) is 0 Å². The van der Waals surface area contributed by atoms with Crippen LogP contribution >= 0.6 is 15.0 Å². The molecule has 0 aromatic rings. The molecule has 18 heavy (non-hydrogen) atoms. The lowest BCUT2D eigenvalue weighted by Gasteiger charge is -2.11. The van der Waals surface area contributed by atoms with Gasteiger partial charge in [-0.15, -0.1) is 4.67 Å². The summed E-state index contributed by atoms with van der Waals surface area (Å²) in [6.07, 6.45) is 0.707. The number of allylic oxidation sites excluding steroid dienone is 1. The van der Waals surface area contributed by atoms with Crippen LogP contribution in [0.1, 0.15) is 12.8 Å². The number of rotatable bonds is 10. The van der Waals surface area contributed by atoms with Crippen LogP contribution in [-0.2, 0) is 28.2 Å². The fourth-order valence-corrected chi connectivity index (χ4v) is 2.24. The first kappa shape index (κ1) is 17.2. The second kappa shape index (κ2) is 8.34. The number of carbonyl (C=O) groups is 1. The van der Waals surface area contributed by atoms with Crippen LogP contribution in [0.4, 0.5) is 0 Å². The molecule has 0 amide bonds. The number of carboxylic acid groups (broad SMARTS) is 1. The molecule has 0 aromatic heterocycles. The third-order valence-corrected chi connectivity index (χ3v) is 4.57. The third-order valence-electron chi connectivity index (χ3n) is 1.66. The third kappa shape index (κ3) is 6.23. The molecule has 0 rings (SSSR count). The van der Waals surface area contributed by atoms with Gasteiger partial charge in [0.2, 0.25) is 0 Å². The Labute approximate surface area is 103 Å². The summed E-state index contributed by atoms with van der Waals surface area (Å²) in [6, 6.07) is 0. The predicted octanol–water partition coefficient (Wildman–Crippen LogP) is -1.27. The highest BCUT2D eigenvalue weighted by atomic mass is 32.1. The second-order valence-corrected chi connectivity index (χ2v) is 7.11. The molecule has 0 spiro atoms. The molecule has 0 fully saturated rings. The summed E-state index contributed by atoms with van der Waals surface area (Å²) in [5, 5.41) is 22.6. The summed E-state index contributed by atoms with van der Waals surface area (Å²) in [7, 11) is -8.37. The fraction of sp³-hybridized carbons (Fsp3) is 0.429. The maximum Gasteiger partial charge on any atom is 0.593 e. The van der Waals surface area contributed by atoms with E-state index in [9.17, 15) is 29.2 Å². The van der Waals surface area contributed by atoms with E-state index in [4.69, 9.17) is 0 Å². The number of carbonyl (C=O) groups excluding carboxylic acids is 1. The largest absolute Gasteiger partial charge is 0.691 e. The topological polar surface area (TPSA) is 148 Å². The molecule has 2 atom stereocenters. The minimum absolute atomic E-state index is 0.0765. The summed E-state index contributed by atoms with van der Waals surface area (Å²) in [6.45, 7) is 2.86. The van der Waals surface area contributed by atoms with Gasteiger partial charge in [0.25, 0.3) is 0 Å². The Morgan fingerprint density at radius 3 is 2.56 bits per heavy atom. The molecular weight excluding hydrogens is 290 g/mol. The molecule has 0 N–H and O–H groups in total. The van der Waals surface area contributed by atoms with E-state index in [1.165, 1.54) is 6.08 Å². The first-order valence-electron chi connectivity index (χ1n) is 4.40. The van der Waals surface area contributed by atoms with Gasteiger partial charge in [-0.3, -0.25) is 9.56 Å². The SMILES string of the molecule is C=C[C+](CCOP(=O)(OO[O-])[P+](=O)[O-])CC(=O)[O-]. The lowest BCUT2D eigenvalue weighted by molar-refractivity contribution is -0.780. The number of hydrogen-bond donors (Lipinski definition) is 0. The van der Waals surface area contributed by atoms with Crippen molar-refractivity contribution in [2.24, 2.45) is 0 Å². The average molecular weight is 299 g/mol. The van der Waals surface area contributed by atoms with Gasteiger partial charge in [-0.25, -0.2) is 4.57 Å². The van der Waals surface area contributed by atoms with Crippen LogP contribution in [0.2, 0.25) is 0 Å². The molecule has 0 saturated heterocycles. The fourth-order valence-electron chi connectivity index (χ4n) is 0.874. The van der Waals surface area contributed by atoms with Crippen molar-refractivity contribution in [3.8, 4) is 0 Å². The van der Waals surface area contributed by atoms with Gasteiger partial charge in [0.05, 0.1) is 37.4 Å². The van der Waals surface area contributed by atoms with Crippen molar-refractivity contribution in [1.29, 1.82) is 0 Å². The first-order chi connectivity index (χ1) is 8.35. The molecule has 0 aliphatic carbocycles. The zero-order valence-electron chi connectivity index (χ0n) is 8.97. The molecule has 0 aromatic carbocycles. The Morgan fingerprint density at radius 2 is 2.17 bits per heavy atom. The first-order valence-corrected chi connectivity index (χ1v) is 7.83. The van der Waals surface area contributed by atoms with Crippen molar-refractivity contribution in [3.63, 3.8) is 0 Å². The quantitative estimate of drug-likeness (QED) is 0.208. The molecule has 102 valence electrons. The number of carboxylic acids is 1. The van der Waals surface area contributed by atoms with Gasteiger partial charge in [-0.05, 0) is 0 Å². The smallest absolute Gasteiger partial charge is 0.593 e. The molecular formula is C7H9O9P2-. The predicted molar refractivity (Wildman–Crippen MR) is 51.0 cm³/mol. The summed E-state index contributed by atoms with van der Waals surface area (Å²) in [4.78, 5) is 20.8. The van der Waals surface area contributed by atoms with Crippen molar-refractivity contribution in [1.82, 2.24) is 0 Å². The molecule has 0 radical (unpaired) electrons. The van der Waals surface area contributed by atoms with E-state index in [2.05, 4.69) is 20.8 Å². The monoisotopic (exact) mass is 299 g/mol. The van der Waals surface area contributed by atoms with Gasteiger partial charge in [0.15, 0.2) is 0 Å². The van der Waals surface area contributed by atoms with E-state index < -0.39 is 34.0 Å². The Morgan fingerprint density at radius 1 is 1.56 bits per heavy atom. The number of hydrogen-bond acceptors (Lipinski definition) is 9. The molecule has 11 heteroatoms. The highest BCUT2D eigenvalue weighted by Crippen LogP contribution is 2.66. The zero-order chi connectivity index (χ0) is 14.2. The summed E-state index contributed by atoms with van der Waals surface area (Å²) in [5.74, 6) is -1.09. The van der Waals surface area contributed by atoms with Crippen molar-refractivity contribution in [2.75, 3.05) is 6.61 Å². The van der Waals surface area contributed by atoms with E-state index >= 15 is 0 Å². The molecule has 0 aliphatic heterocycles. The van der Waals surface area contributed by atoms with Gasteiger partial charge < -0.3 is 20.1 Å². The highest BCUT2D eigenvalue weighted by molar-refractivity contribution is 8.20. The van der Waals surface area contributed by atoms with Crippen LogP contribution < -0.4 is 15.3 Å².